The summed E-state index contributed by atoms with van der Waals surface area (Å²) in [5.74, 6) is 1.11. The van der Waals surface area contributed by atoms with Crippen LogP contribution in [0.25, 0.3) is 6.08 Å². The fourth-order valence-corrected chi connectivity index (χ4v) is 18.3. The lowest BCUT2D eigenvalue weighted by Crippen LogP contribution is -2.65. The third kappa shape index (κ3) is 7.52. The molecule has 6 saturated carbocycles. The number of phenols is 2. The minimum atomic E-state index is -0.437. The number of phenolic OH excluding ortho intramolecular Hbond substituents is 2. The number of aliphatic hydroxyl groups excluding tert-OH is 1. The zero-order chi connectivity index (χ0) is 51.2. The lowest BCUT2D eigenvalue weighted by molar-refractivity contribution is -0.198. The molecule has 9 N–H and O–H groups in total. The molecule has 4 amide bonds. The second-order valence-corrected chi connectivity index (χ2v) is 27.4. The van der Waals surface area contributed by atoms with Crippen LogP contribution in [0.1, 0.15) is 190 Å². The van der Waals surface area contributed by atoms with E-state index in [0.717, 1.165) is 80.1 Å². The number of aromatic hydroxyl groups is 2. The van der Waals surface area contributed by atoms with Crippen LogP contribution in [0.15, 0.2) is 58.4 Å². The van der Waals surface area contributed by atoms with Crippen LogP contribution in [0.5, 0.6) is 11.5 Å². The lowest BCUT2D eigenvalue weighted by atomic mass is 9.33. The smallest absolute Gasteiger partial charge is 0.312 e. The Labute approximate surface area is 426 Å². The third-order valence-electron chi connectivity index (χ3n) is 23.7. The van der Waals surface area contributed by atoms with Crippen molar-refractivity contribution >= 4 is 23.9 Å². The molecule has 0 saturated heterocycles. The second kappa shape index (κ2) is 16.8. The number of nitrogens with one attached hydrogen (secondary N) is 2. The summed E-state index contributed by atoms with van der Waals surface area (Å²) < 4.78 is 0. The van der Waals surface area contributed by atoms with Gasteiger partial charge in [-0.2, -0.15) is 0 Å². The van der Waals surface area contributed by atoms with E-state index in [4.69, 9.17) is 11.5 Å². The van der Waals surface area contributed by atoms with Gasteiger partial charge in [0.15, 0.2) is 17.3 Å². The van der Waals surface area contributed by atoms with E-state index in [1.165, 1.54) is 43.2 Å². The summed E-state index contributed by atoms with van der Waals surface area (Å²) in [4.78, 5) is 35.6. The summed E-state index contributed by atoms with van der Waals surface area (Å²) in [6.45, 7) is 29.5. The number of ketones is 1. The quantitative estimate of drug-likeness (QED) is 0.147. The SMILES string of the molecule is C.CC1=C(O)C(=O)C=C2C1=CC=C1[C@@]2(C)CC[C@@]2(C)[C@@H]3C[C@](C)(CNC(N)=O)CC[C@]3(C)CC[C@]12C.Cc1c(O)c(O)cc2c1C=CC1[C@@]2(C)CC[C@@]2(C)[C@@H]3C[C@](C)(CNC(N)=O)CC[C@]3(C)CC[C@]12C. The Morgan fingerprint density at radius 1 is 0.676 bits per heavy atom. The Balaban J connectivity index is 0.000000188. The minimum Gasteiger partial charge on any atom is -0.504 e. The average Bonchev–Trinajstić information content (AvgIpc) is 3.30. The molecular weight excluding hydrogens is 885 g/mol. The number of fused-ring (bicyclic) bond motifs is 14. The van der Waals surface area contributed by atoms with Crippen molar-refractivity contribution in [2.45, 2.75) is 186 Å². The fraction of sp³-hybridized carbons (Fsp3) is 0.689. The first-order valence-corrected chi connectivity index (χ1v) is 26.8. The maximum absolute atomic E-state index is 12.6. The van der Waals surface area contributed by atoms with Gasteiger partial charge < -0.3 is 37.4 Å². The first-order valence-electron chi connectivity index (χ1n) is 26.8. The number of rotatable bonds is 4. The lowest BCUT2D eigenvalue weighted by Gasteiger charge is -2.71. The molecule has 1 unspecified atom stereocenters. The third-order valence-corrected chi connectivity index (χ3v) is 23.7. The number of urea groups is 2. The summed E-state index contributed by atoms with van der Waals surface area (Å²) in [6, 6.07) is 0.969. The van der Waals surface area contributed by atoms with Crippen molar-refractivity contribution in [2.75, 3.05) is 13.1 Å². The Morgan fingerprint density at radius 3 is 1.77 bits per heavy atom. The van der Waals surface area contributed by atoms with Crippen molar-refractivity contribution in [1.82, 2.24) is 10.6 Å². The number of carbonyl (C=O) groups excluding carboxylic acids is 3. The molecule has 9 aliphatic rings. The summed E-state index contributed by atoms with van der Waals surface area (Å²) in [5, 5.41) is 37.1. The molecule has 13 atom stereocenters. The standard InChI is InChI=1S/C30H44N2O3.C30H42N2O3.CH4/c2*1-18-19-7-8-22-28(4,20(19)15-21(33)24(18)34)12-14-30(6)23-16-26(2,17-32-25(31)35)9-10-27(23,3)11-13-29(22,30)5;/h7-8,15,22-23,33-34H,9-14,16-17H2,1-6H3,(H3,31,32,35);7-8,15,23,34H,9-14,16-17H2,1-6H3,(H3,31,32,35);1H4/t22?,23-,26-,27-,28+,29-,30+;23-,26-,27-,28+,29-,30+;/m11./s1. The van der Waals surface area contributed by atoms with Crippen LogP contribution in [0.3, 0.4) is 0 Å². The van der Waals surface area contributed by atoms with E-state index >= 15 is 0 Å². The predicted molar refractivity (Wildman–Crippen MR) is 285 cm³/mol. The van der Waals surface area contributed by atoms with Crippen LogP contribution in [0.2, 0.25) is 0 Å². The van der Waals surface area contributed by atoms with E-state index < -0.39 is 12.1 Å². The number of aliphatic hydroxyl groups is 1. The topological polar surface area (TPSA) is 188 Å². The number of carbonyl (C=O) groups is 3. The summed E-state index contributed by atoms with van der Waals surface area (Å²) in [7, 11) is 0. The van der Waals surface area contributed by atoms with E-state index in [0.29, 0.717) is 47.2 Å². The van der Waals surface area contributed by atoms with Gasteiger partial charge in [-0.1, -0.05) is 107 Å². The van der Waals surface area contributed by atoms with Gasteiger partial charge in [0.25, 0.3) is 0 Å². The number of nitrogens with two attached hydrogens (primary N) is 2. The normalized spacial score (nSPS) is 43.7. The highest BCUT2D eigenvalue weighted by Gasteiger charge is 2.69. The van der Waals surface area contributed by atoms with Gasteiger partial charge in [-0.3, -0.25) is 4.79 Å². The zero-order valence-electron chi connectivity index (χ0n) is 44.7. The van der Waals surface area contributed by atoms with Crippen molar-refractivity contribution < 1.29 is 29.7 Å². The van der Waals surface area contributed by atoms with Crippen LogP contribution in [0, 0.1) is 73.4 Å². The molecule has 71 heavy (non-hydrogen) atoms. The van der Waals surface area contributed by atoms with E-state index in [9.17, 15) is 29.7 Å². The Morgan fingerprint density at radius 2 is 1.20 bits per heavy atom. The second-order valence-electron chi connectivity index (χ2n) is 27.4. The van der Waals surface area contributed by atoms with Crippen LogP contribution in [0.4, 0.5) is 9.59 Å². The van der Waals surface area contributed by atoms with Crippen molar-refractivity contribution in [3.8, 4) is 11.5 Å². The van der Waals surface area contributed by atoms with Crippen LogP contribution in [-0.4, -0.2) is 46.3 Å². The highest BCUT2D eigenvalue weighted by Crippen LogP contribution is 2.77. The molecule has 0 heterocycles. The molecule has 6 fully saturated rings. The van der Waals surface area contributed by atoms with Crippen LogP contribution in [-0.2, 0) is 10.2 Å². The van der Waals surface area contributed by atoms with E-state index in [1.54, 1.807) is 6.08 Å². The van der Waals surface area contributed by atoms with Crippen molar-refractivity contribution in [2.24, 2.45) is 78.0 Å². The number of hydrogen-bond donors (Lipinski definition) is 7. The van der Waals surface area contributed by atoms with Crippen LogP contribution >= 0.6 is 0 Å². The molecule has 1 aromatic carbocycles. The molecule has 0 aromatic heterocycles. The Hall–Kier alpha value is -4.47. The summed E-state index contributed by atoms with van der Waals surface area (Å²) in [6.07, 6.45) is 26.8. The zero-order valence-corrected chi connectivity index (χ0v) is 44.7. The van der Waals surface area contributed by atoms with Gasteiger partial charge >= 0.3 is 12.1 Å². The van der Waals surface area contributed by atoms with Gasteiger partial charge in [-0.15, -0.1) is 0 Å². The number of allylic oxidation sites excluding steroid dienone is 8. The molecule has 10 nitrogen and oxygen atoms in total. The molecule has 0 spiro atoms. The van der Waals surface area contributed by atoms with Crippen molar-refractivity contribution in [1.29, 1.82) is 0 Å². The maximum Gasteiger partial charge on any atom is 0.312 e. The Bertz CT molecular complexity index is 2610. The van der Waals surface area contributed by atoms with Crippen LogP contribution < -0.4 is 22.1 Å². The van der Waals surface area contributed by atoms with E-state index in [-0.39, 0.29) is 73.8 Å². The molecule has 1 aromatic rings. The number of hydrogen-bond acceptors (Lipinski definition) is 6. The first-order chi connectivity index (χ1) is 32.4. The molecule has 390 valence electrons. The van der Waals surface area contributed by atoms with Gasteiger partial charge in [0.1, 0.15) is 0 Å². The van der Waals surface area contributed by atoms with E-state index in [1.807, 2.05) is 19.9 Å². The summed E-state index contributed by atoms with van der Waals surface area (Å²) >= 11 is 0. The van der Waals surface area contributed by atoms with Gasteiger partial charge in [0.2, 0.25) is 5.78 Å². The van der Waals surface area contributed by atoms with Crippen molar-refractivity contribution in [3.05, 3.63) is 75.1 Å². The minimum absolute atomic E-state index is 0. The largest absolute Gasteiger partial charge is 0.504 e. The predicted octanol–water partition coefficient (Wildman–Crippen LogP) is 13.3. The molecule has 10 heteroatoms. The average molecular weight is 975 g/mol. The molecule has 0 aliphatic heterocycles. The Kier molecular flexibility index (Phi) is 12.5. The van der Waals surface area contributed by atoms with Gasteiger partial charge in [0.05, 0.1) is 0 Å². The number of benzene rings is 1. The van der Waals surface area contributed by atoms with Gasteiger partial charge in [-0.25, -0.2) is 9.59 Å². The molecule has 9 aliphatic carbocycles. The van der Waals surface area contributed by atoms with Gasteiger partial charge in [0, 0.05) is 35.1 Å². The highest BCUT2D eigenvalue weighted by molar-refractivity contribution is 6.06. The summed E-state index contributed by atoms with van der Waals surface area (Å²) in [5.41, 5.74) is 19.1. The number of primary amides is 2. The van der Waals surface area contributed by atoms with Crippen molar-refractivity contribution in [3.63, 3.8) is 0 Å². The maximum atomic E-state index is 12.6. The molecular formula is C61H90N4O6. The molecule has 0 bridgehead atoms. The van der Waals surface area contributed by atoms with Gasteiger partial charge in [-0.05, 0) is 199 Å². The molecule has 10 rings (SSSR count). The van der Waals surface area contributed by atoms with E-state index in [2.05, 4.69) is 104 Å². The monoisotopic (exact) mass is 975 g/mol. The molecule has 0 radical (unpaired) electrons. The highest BCUT2D eigenvalue weighted by atomic mass is 16.3. The number of amides is 4. The first kappa shape index (κ1) is 52.8. The fourth-order valence-electron chi connectivity index (χ4n) is 18.3.